The van der Waals surface area contributed by atoms with Crippen molar-refractivity contribution >= 4 is 23.2 Å². The van der Waals surface area contributed by atoms with Crippen molar-refractivity contribution in [2.24, 2.45) is 7.05 Å². The van der Waals surface area contributed by atoms with Gasteiger partial charge in [-0.05, 0) is 24.6 Å². The van der Waals surface area contributed by atoms with E-state index in [4.69, 9.17) is 0 Å². The lowest BCUT2D eigenvalue weighted by Gasteiger charge is -2.32. The summed E-state index contributed by atoms with van der Waals surface area (Å²) in [6.45, 7) is 0.548. The zero-order valence-electron chi connectivity index (χ0n) is 13.6. The van der Waals surface area contributed by atoms with Crippen LogP contribution in [0.15, 0.2) is 41.2 Å². The average molecular weight is 339 g/mol. The van der Waals surface area contributed by atoms with Gasteiger partial charge >= 0.3 is 0 Å². The molecule has 4 rings (SSSR count). The van der Waals surface area contributed by atoms with E-state index >= 15 is 0 Å². The molecule has 2 atom stereocenters. The molecule has 8 heteroatoms. The van der Waals surface area contributed by atoms with Crippen molar-refractivity contribution in [3.8, 4) is 0 Å². The van der Waals surface area contributed by atoms with Crippen molar-refractivity contribution in [2.75, 3.05) is 16.8 Å². The van der Waals surface area contributed by atoms with E-state index in [-0.39, 0.29) is 35.2 Å². The summed E-state index contributed by atoms with van der Waals surface area (Å²) in [5.41, 5.74) is 1.65. The zero-order valence-corrected chi connectivity index (χ0v) is 13.6. The maximum absolute atomic E-state index is 12.4. The first-order valence-electron chi connectivity index (χ1n) is 8.04. The molecule has 3 heterocycles. The standard InChI is InChI=1S/C17H17N5O3/c1-21-15(23)7-6-12(20-21)16(24)18-10-8-14-17(25)19-11-4-2-3-5-13(11)22(14)9-10/h2-7,10,14H,8-9H2,1H3,(H,18,24)(H,19,25)/t10-,14-/m1/s1. The first kappa shape index (κ1) is 15.4. The maximum atomic E-state index is 12.4. The van der Waals surface area contributed by atoms with Gasteiger partial charge in [0.05, 0.1) is 11.4 Å². The maximum Gasteiger partial charge on any atom is 0.272 e. The number of hydrogen-bond donors (Lipinski definition) is 2. The van der Waals surface area contributed by atoms with Crippen molar-refractivity contribution < 1.29 is 9.59 Å². The summed E-state index contributed by atoms with van der Waals surface area (Å²) in [5.74, 6) is -0.412. The Morgan fingerprint density at radius 1 is 1.24 bits per heavy atom. The van der Waals surface area contributed by atoms with Gasteiger partial charge in [-0.1, -0.05) is 12.1 Å². The number of aryl methyl sites for hydroxylation is 1. The van der Waals surface area contributed by atoms with Gasteiger partial charge in [0.2, 0.25) is 5.91 Å². The van der Waals surface area contributed by atoms with E-state index in [1.807, 2.05) is 29.2 Å². The monoisotopic (exact) mass is 339 g/mol. The van der Waals surface area contributed by atoms with Gasteiger partial charge in [0.15, 0.2) is 0 Å². The van der Waals surface area contributed by atoms with Crippen molar-refractivity contribution in [1.29, 1.82) is 0 Å². The number of carbonyl (C=O) groups excluding carboxylic acids is 2. The summed E-state index contributed by atoms with van der Waals surface area (Å²) in [5, 5.41) is 9.77. The Labute approximate surface area is 143 Å². The molecule has 2 amide bonds. The molecule has 0 saturated carbocycles. The highest BCUT2D eigenvalue weighted by molar-refractivity contribution is 6.04. The van der Waals surface area contributed by atoms with E-state index < -0.39 is 0 Å². The Hall–Kier alpha value is -3.16. The quantitative estimate of drug-likeness (QED) is 0.810. The minimum absolute atomic E-state index is 0.0596. The number of para-hydroxylation sites is 2. The van der Waals surface area contributed by atoms with Crippen LogP contribution in [-0.2, 0) is 11.8 Å². The number of nitrogens with zero attached hydrogens (tertiary/aromatic N) is 3. The van der Waals surface area contributed by atoms with Gasteiger partial charge in [-0.15, -0.1) is 0 Å². The largest absolute Gasteiger partial charge is 0.356 e. The fourth-order valence-corrected chi connectivity index (χ4v) is 3.38. The summed E-state index contributed by atoms with van der Waals surface area (Å²) in [4.78, 5) is 38.1. The molecule has 1 fully saturated rings. The van der Waals surface area contributed by atoms with Crippen LogP contribution >= 0.6 is 0 Å². The molecule has 25 heavy (non-hydrogen) atoms. The molecule has 0 radical (unpaired) electrons. The summed E-state index contributed by atoms with van der Waals surface area (Å²) >= 11 is 0. The molecule has 128 valence electrons. The predicted octanol–water partition coefficient (Wildman–Crippen LogP) is 0.110. The van der Waals surface area contributed by atoms with Crippen LogP contribution in [0.3, 0.4) is 0 Å². The van der Waals surface area contributed by atoms with Crippen LogP contribution in [0.4, 0.5) is 11.4 Å². The van der Waals surface area contributed by atoms with Crippen molar-refractivity contribution in [2.45, 2.75) is 18.5 Å². The van der Waals surface area contributed by atoms with Crippen LogP contribution < -0.4 is 21.1 Å². The smallest absolute Gasteiger partial charge is 0.272 e. The second kappa shape index (κ2) is 5.73. The second-order valence-corrected chi connectivity index (χ2v) is 6.26. The van der Waals surface area contributed by atoms with Gasteiger partial charge in [-0.25, -0.2) is 4.68 Å². The third-order valence-corrected chi connectivity index (χ3v) is 4.60. The Morgan fingerprint density at radius 2 is 2.04 bits per heavy atom. The third kappa shape index (κ3) is 2.65. The number of hydrogen-bond acceptors (Lipinski definition) is 5. The van der Waals surface area contributed by atoms with Crippen LogP contribution in [0.25, 0.3) is 0 Å². The molecule has 2 aromatic rings. The molecule has 0 unspecified atom stereocenters. The SMILES string of the molecule is Cn1nc(C(=O)N[C@@H]2C[C@@H]3C(=O)Nc4ccccc4N3C2)ccc1=O. The summed E-state index contributed by atoms with van der Waals surface area (Å²) in [6, 6.07) is 9.87. The summed E-state index contributed by atoms with van der Waals surface area (Å²) in [7, 11) is 1.50. The van der Waals surface area contributed by atoms with Gasteiger partial charge in [-0.3, -0.25) is 14.4 Å². The number of amides is 2. The van der Waals surface area contributed by atoms with Gasteiger partial charge in [0, 0.05) is 25.7 Å². The number of anilines is 2. The summed E-state index contributed by atoms with van der Waals surface area (Å²) in [6.07, 6.45) is 0.525. The molecule has 8 nitrogen and oxygen atoms in total. The van der Waals surface area contributed by atoms with Gasteiger partial charge in [-0.2, -0.15) is 5.10 Å². The average Bonchev–Trinajstić information content (AvgIpc) is 3.02. The number of nitrogens with one attached hydrogen (secondary N) is 2. The van der Waals surface area contributed by atoms with Crippen molar-refractivity contribution in [3.63, 3.8) is 0 Å². The van der Waals surface area contributed by atoms with Gasteiger partial charge in [0.25, 0.3) is 11.5 Å². The molecule has 1 aromatic carbocycles. The van der Waals surface area contributed by atoms with Crippen LogP contribution in [0, 0.1) is 0 Å². The minimum atomic E-state index is -0.353. The molecular weight excluding hydrogens is 322 g/mol. The fraction of sp³-hybridized carbons (Fsp3) is 0.294. The zero-order chi connectivity index (χ0) is 17.6. The van der Waals surface area contributed by atoms with Crippen LogP contribution in [0.2, 0.25) is 0 Å². The van der Waals surface area contributed by atoms with Crippen LogP contribution in [0.1, 0.15) is 16.9 Å². The van der Waals surface area contributed by atoms with Gasteiger partial charge in [0.1, 0.15) is 11.7 Å². The molecule has 1 aromatic heterocycles. The first-order valence-corrected chi connectivity index (χ1v) is 8.04. The molecule has 0 spiro atoms. The minimum Gasteiger partial charge on any atom is -0.356 e. The summed E-state index contributed by atoms with van der Waals surface area (Å²) < 4.78 is 1.12. The van der Waals surface area contributed by atoms with E-state index in [9.17, 15) is 14.4 Å². The second-order valence-electron chi connectivity index (χ2n) is 6.26. The number of aromatic nitrogens is 2. The lowest BCUT2D eigenvalue weighted by atomic mass is 10.1. The molecule has 1 saturated heterocycles. The number of carbonyl (C=O) groups is 2. The van der Waals surface area contributed by atoms with Crippen LogP contribution in [0.5, 0.6) is 0 Å². The van der Waals surface area contributed by atoms with Crippen molar-refractivity contribution in [3.05, 3.63) is 52.4 Å². The molecule has 0 aliphatic carbocycles. The topological polar surface area (TPSA) is 96.3 Å². The molecule has 2 aliphatic rings. The van der Waals surface area contributed by atoms with E-state index in [0.717, 1.165) is 16.1 Å². The highest BCUT2D eigenvalue weighted by Crippen LogP contribution is 2.36. The fourth-order valence-electron chi connectivity index (χ4n) is 3.38. The van der Waals surface area contributed by atoms with Crippen LogP contribution in [-0.4, -0.2) is 40.2 Å². The number of benzene rings is 1. The normalized spacial score (nSPS) is 21.3. The third-order valence-electron chi connectivity index (χ3n) is 4.60. The Balaban J connectivity index is 1.53. The van der Waals surface area contributed by atoms with E-state index in [0.29, 0.717) is 13.0 Å². The Bertz CT molecular complexity index is 922. The Kier molecular flexibility index (Phi) is 3.52. The molecular formula is C17H17N5O3. The lowest BCUT2D eigenvalue weighted by molar-refractivity contribution is -0.117. The molecule has 2 aliphatic heterocycles. The van der Waals surface area contributed by atoms with E-state index in [1.165, 1.54) is 19.2 Å². The Morgan fingerprint density at radius 3 is 2.84 bits per heavy atom. The lowest BCUT2D eigenvalue weighted by Crippen LogP contribution is -2.44. The molecule has 2 N–H and O–H groups in total. The van der Waals surface area contributed by atoms with E-state index in [1.54, 1.807) is 0 Å². The van der Waals surface area contributed by atoms with E-state index in [2.05, 4.69) is 15.7 Å². The molecule has 0 bridgehead atoms. The first-order chi connectivity index (χ1) is 12.0. The van der Waals surface area contributed by atoms with Gasteiger partial charge < -0.3 is 15.5 Å². The van der Waals surface area contributed by atoms with Crippen molar-refractivity contribution in [1.82, 2.24) is 15.1 Å². The number of fused-ring (bicyclic) bond motifs is 3. The highest BCUT2D eigenvalue weighted by Gasteiger charge is 2.41. The highest BCUT2D eigenvalue weighted by atomic mass is 16.2. The predicted molar refractivity (Wildman–Crippen MR) is 91.6 cm³/mol. The number of rotatable bonds is 2.